The SMILES string of the molecule is CC(C)Oc1cccc(C(O)CNC(=O)C2CC23CCNCC3)c1.Cl. The van der Waals surface area contributed by atoms with E-state index >= 15 is 0 Å². The van der Waals surface area contributed by atoms with Gasteiger partial charge in [-0.2, -0.15) is 0 Å². The fraction of sp³-hybridized carbons (Fsp3) is 0.632. The number of halogens is 1. The molecule has 2 unspecified atom stereocenters. The number of benzene rings is 1. The third-order valence-corrected chi connectivity index (χ3v) is 5.19. The van der Waals surface area contributed by atoms with Gasteiger partial charge in [0, 0.05) is 12.5 Å². The molecule has 140 valence electrons. The number of carbonyl (C=O) groups is 1. The zero-order chi connectivity index (χ0) is 17.2. The maximum absolute atomic E-state index is 12.4. The van der Waals surface area contributed by atoms with Crippen LogP contribution in [0.4, 0.5) is 0 Å². The minimum atomic E-state index is -0.715. The Morgan fingerprint density at radius 2 is 2.12 bits per heavy atom. The molecule has 1 heterocycles. The molecule has 1 saturated heterocycles. The van der Waals surface area contributed by atoms with Gasteiger partial charge in [0.05, 0.1) is 12.2 Å². The molecule has 3 N–H and O–H groups in total. The standard InChI is InChI=1S/C19H28N2O3.ClH/c1-13(2)24-15-5-3-4-14(10-15)17(22)12-21-18(23)16-11-19(16)6-8-20-9-7-19;/h3-5,10,13,16-17,20,22H,6-9,11-12H2,1-2H3,(H,21,23);1H. The first-order valence-corrected chi connectivity index (χ1v) is 8.93. The number of amides is 1. The summed E-state index contributed by atoms with van der Waals surface area (Å²) in [6, 6.07) is 7.43. The predicted octanol–water partition coefficient (Wildman–Crippen LogP) is 2.43. The molecule has 1 aromatic rings. The highest BCUT2D eigenvalue weighted by Gasteiger charge is 2.57. The third kappa shape index (κ3) is 4.87. The Labute approximate surface area is 155 Å². The molecule has 0 radical (unpaired) electrons. The van der Waals surface area contributed by atoms with Gasteiger partial charge in [-0.3, -0.25) is 4.79 Å². The van der Waals surface area contributed by atoms with Crippen molar-refractivity contribution in [3.8, 4) is 5.75 Å². The van der Waals surface area contributed by atoms with E-state index < -0.39 is 6.10 Å². The molecule has 1 aromatic carbocycles. The average Bonchev–Trinajstić information content (AvgIpc) is 3.25. The molecule has 0 aromatic heterocycles. The van der Waals surface area contributed by atoms with E-state index in [1.165, 1.54) is 0 Å². The predicted molar refractivity (Wildman–Crippen MR) is 100 cm³/mol. The Morgan fingerprint density at radius 1 is 1.40 bits per heavy atom. The van der Waals surface area contributed by atoms with Crippen LogP contribution in [0.5, 0.6) is 5.75 Å². The smallest absolute Gasteiger partial charge is 0.223 e. The van der Waals surface area contributed by atoms with Crippen LogP contribution < -0.4 is 15.4 Å². The molecule has 25 heavy (non-hydrogen) atoms. The molecule has 1 spiro atoms. The van der Waals surface area contributed by atoms with Gasteiger partial charge in [-0.25, -0.2) is 0 Å². The van der Waals surface area contributed by atoms with Crippen LogP contribution in [0.25, 0.3) is 0 Å². The summed E-state index contributed by atoms with van der Waals surface area (Å²) >= 11 is 0. The molecule has 6 heteroatoms. The number of piperidine rings is 1. The van der Waals surface area contributed by atoms with E-state index in [0.717, 1.165) is 43.7 Å². The minimum absolute atomic E-state index is 0. The number of rotatable bonds is 6. The van der Waals surface area contributed by atoms with Gasteiger partial charge in [0.2, 0.25) is 5.91 Å². The van der Waals surface area contributed by atoms with Crippen molar-refractivity contribution in [2.75, 3.05) is 19.6 Å². The number of aliphatic hydroxyl groups is 1. The molecule has 1 amide bonds. The van der Waals surface area contributed by atoms with Crippen molar-refractivity contribution >= 4 is 18.3 Å². The number of hydrogen-bond acceptors (Lipinski definition) is 4. The van der Waals surface area contributed by atoms with Gasteiger partial charge in [-0.1, -0.05) is 12.1 Å². The molecular weight excluding hydrogens is 340 g/mol. The van der Waals surface area contributed by atoms with Crippen LogP contribution >= 0.6 is 12.4 Å². The average molecular weight is 369 g/mol. The normalized spacial score (nSPS) is 22.2. The Bertz CT molecular complexity index is 588. The fourth-order valence-corrected chi connectivity index (χ4v) is 3.70. The maximum Gasteiger partial charge on any atom is 0.223 e. The van der Waals surface area contributed by atoms with E-state index in [1.807, 2.05) is 38.1 Å². The lowest BCUT2D eigenvalue weighted by atomic mass is 9.92. The number of nitrogens with one attached hydrogen (secondary N) is 2. The molecular formula is C19H29ClN2O3. The summed E-state index contributed by atoms with van der Waals surface area (Å²) < 4.78 is 5.65. The van der Waals surface area contributed by atoms with Crippen molar-refractivity contribution < 1.29 is 14.6 Å². The largest absolute Gasteiger partial charge is 0.491 e. The van der Waals surface area contributed by atoms with Gasteiger partial charge in [-0.05, 0) is 69.3 Å². The van der Waals surface area contributed by atoms with Crippen molar-refractivity contribution in [1.82, 2.24) is 10.6 Å². The van der Waals surface area contributed by atoms with Crippen LogP contribution in [-0.2, 0) is 4.79 Å². The minimum Gasteiger partial charge on any atom is -0.491 e. The first kappa shape index (κ1) is 20.0. The zero-order valence-corrected chi connectivity index (χ0v) is 15.8. The zero-order valence-electron chi connectivity index (χ0n) is 15.0. The first-order chi connectivity index (χ1) is 11.5. The molecule has 2 aliphatic rings. The molecule has 2 atom stereocenters. The number of ether oxygens (including phenoxy) is 1. The number of hydrogen-bond donors (Lipinski definition) is 3. The summed E-state index contributed by atoms with van der Waals surface area (Å²) in [4.78, 5) is 12.4. The van der Waals surface area contributed by atoms with Crippen LogP contribution in [-0.4, -0.2) is 36.8 Å². The summed E-state index contributed by atoms with van der Waals surface area (Å²) in [7, 11) is 0. The van der Waals surface area contributed by atoms with E-state index in [-0.39, 0.29) is 42.3 Å². The topological polar surface area (TPSA) is 70.6 Å². The van der Waals surface area contributed by atoms with Crippen molar-refractivity contribution in [2.24, 2.45) is 11.3 Å². The van der Waals surface area contributed by atoms with Crippen molar-refractivity contribution in [3.63, 3.8) is 0 Å². The summed E-state index contributed by atoms with van der Waals surface area (Å²) in [5, 5.41) is 16.6. The van der Waals surface area contributed by atoms with E-state index in [9.17, 15) is 9.90 Å². The summed E-state index contributed by atoms with van der Waals surface area (Å²) in [5.41, 5.74) is 0.992. The van der Waals surface area contributed by atoms with Crippen LogP contribution in [0.2, 0.25) is 0 Å². The molecule has 5 nitrogen and oxygen atoms in total. The Hall–Kier alpha value is -1.30. The quantitative estimate of drug-likeness (QED) is 0.721. The molecule has 1 saturated carbocycles. The Balaban J connectivity index is 0.00000225. The third-order valence-electron chi connectivity index (χ3n) is 5.19. The second kappa shape index (κ2) is 8.39. The van der Waals surface area contributed by atoms with E-state index in [4.69, 9.17) is 4.74 Å². The van der Waals surface area contributed by atoms with Crippen LogP contribution in [0.1, 0.15) is 44.8 Å². The molecule has 3 rings (SSSR count). The lowest BCUT2D eigenvalue weighted by Crippen LogP contribution is -2.35. The van der Waals surface area contributed by atoms with Crippen molar-refractivity contribution in [3.05, 3.63) is 29.8 Å². The van der Waals surface area contributed by atoms with E-state index in [2.05, 4.69) is 10.6 Å². The fourth-order valence-electron chi connectivity index (χ4n) is 3.70. The second-order valence-electron chi connectivity index (χ2n) is 7.37. The number of carbonyl (C=O) groups excluding carboxylic acids is 1. The van der Waals surface area contributed by atoms with Gasteiger partial charge >= 0.3 is 0 Å². The first-order valence-electron chi connectivity index (χ1n) is 8.93. The lowest BCUT2D eigenvalue weighted by molar-refractivity contribution is -0.123. The summed E-state index contributed by atoms with van der Waals surface area (Å²) in [6.07, 6.45) is 2.54. The molecule has 0 bridgehead atoms. The van der Waals surface area contributed by atoms with Gasteiger partial charge in [0.1, 0.15) is 5.75 Å². The molecule has 1 aliphatic carbocycles. The Morgan fingerprint density at radius 3 is 2.80 bits per heavy atom. The van der Waals surface area contributed by atoms with E-state index in [0.29, 0.717) is 0 Å². The van der Waals surface area contributed by atoms with E-state index in [1.54, 1.807) is 0 Å². The lowest BCUT2D eigenvalue weighted by Gasteiger charge is -2.23. The second-order valence-corrected chi connectivity index (χ2v) is 7.37. The monoisotopic (exact) mass is 368 g/mol. The van der Waals surface area contributed by atoms with Crippen LogP contribution in [0.15, 0.2) is 24.3 Å². The van der Waals surface area contributed by atoms with Gasteiger partial charge in [0.15, 0.2) is 0 Å². The highest BCUT2D eigenvalue weighted by molar-refractivity contribution is 5.85. The summed E-state index contributed by atoms with van der Waals surface area (Å²) in [5.74, 6) is 0.955. The maximum atomic E-state index is 12.4. The Kier molecular flexibility index (Phi) is 6.72. The van der Waals surface area contributed by atoms with Crippen molar-refractivity contribution in [1.29, 1.82) is 0 Å². The highest BCUT2D eigenvalue weighted by Crippen LogP contribution is 2.58. The highest BCUT2D eigenvalue weighted by atomic mass is 35.5. The van der Waals surface area contributed by atoms with Gasteiger partial charge < -0.3 is 20.5 Å². The van der Waals surface area contributed by atoms with Gasteiger partial charge in [-0.15, -0.1) is 12.4 Å². The summed E-state index contributed by atoms with van der Waals surface area (Å²) in [6.45, 7) is 6.20. The van der Waals surface area contributed by atoms with Crippen LogP contribution in [0.3, 0.4) is 0 Å². The van der Waals surface area contributed by atoms with Crippen molar-refractivity contribution in [2.45, 2.75) is 45.3 Å². The molecule has 2 fully saturated rings. The van der Waals surface area contributed by atoms with Crippen LogP contribution in [0, 0.1) is 11.3 Å². The number of aliphatic hydroxyl groups excluding tert-OH is 1. The molecule has 1 aliphatic heterocycles. The van der Waals surface area contributed by atoms with Gasteiger partial charge in [0.25, 0.3) is 0 Å².